The fraction of sp³-hybridized carbons (Fsp3) is 0.250. The molecular weight excluding hydrogens is 288 g/mol. The van der Waals surface area contributed by atoms with Crippen LogP contribution < -0.4 is 0 Å². The second-order valence-corrected chi connectivity index (χ2v) is 4.85. The first-order valence-corrected chi connectivity index (χ1v) is 6.77. The third-order valence-electron chi connectivity index (χ3n) is 3.55. The molecule has 22 heavy (non-hydrogen) atoms. The van der Waals surface area contributed by atoms with Gasteiger partial charge in [0.25, 0.3) is 0 Å². The van der Waals surface area contributed by atoms with Crippen molar-refractivity contribution < 1.29 is 30.0 Å². The number of hydrogen-bond donors (Lipinski definition) is 4. The van der Waals surface area contributed by atoms with E-state index in [1.807, 2.05) is 0 Å². The second-order valence-electron chi connectivity index (χ2n) is 4.85. The van der Waals surface area contributed by atoms with Gasteiger partial charge < -0.3 is 20.4 Å². The maximum atomic E-state index is 11.7. The number of aliphatic hydroxyl groups excluding tert-OH is 2. The van der Waals surface area contributed by atoms with Crippen molar-refractivity contribution in [2.24, 2.45) is 0 Å². The van der Waals surface area contributed by atoms with E-state index in [0.717, 1.165) is 0 Å². The molecule has 0 saturated carbocycles. The van der Waals surface area contributed by atoms with Gasteiger partial charge >= 0.3 is 11.9 Å². The van der Waals surface area contributed by atoms with E-state index in [4.69, 9.17) is 5.11 Å². The molecule has 0 heterocycles. The summed E-state index contributed by atoms with van der Waals surface area (Å²) in [6, 6.07) is 6.21. The summed E-state index contributed by atoms with van der Waals surface area (Å²) in [5.74, 6) is -2.46. The zero-order valence-electron chi connectivity index (χ0n) is 11.7. The summed E-state index contributed by atoms with van der Waals surface area (Å²) in [5.41, 5.74) is 0.756. The van der Waals surface area contributed by atoms with Crippen LogP contribution in [0.3, 0.4) is 0 Å². The molecular formula is C16H16O6. The molecule has 0 aliphatic heterocycles. The van der Waals surface area contributed by atoms with E-state index in [2.05, 4.69) is 0 Å². The molecule has 0 amide bonds. The first-order valence-electron chi connectivity index (χ1n) is 6.77. The minimum Gasteiger partial charge on any atom is -0.478 e. The number of hydrogen-bond acceptors (Lipinski definition) is 4. The molecule has 0 bridgehead atoms. The maximum Gasteiger partial charge on any atom is 0.336 e. The molecule has 0 spiro atoms. The Morgan fingerprint density at radius 1 is 0.955 bits per heavy atom. The average Bonchev–Trinajstić information content (AvgIpc) is 2.47. The van der Waals surface area contributed by atoms with E-state index in [9.17, 15) is 24.9 Å². The summed E-state index contributed by atoms with van der Waals surface area (Å²) in [5, 5.41) is 37.8. The SMILES string of the molecule is O=C(O)c1cccc2cc(CCO)c(CCO)c(C(=O)O)c12. The van der Waals surface area contributed by atoms with Gasteiger partial charge in [-0.3, -0.25) is 0 Å². The number of carbonyl (C=O) groups is 2. The molecule has 0 aliphatic carbocycles. The molecule has 4 N–H and O–H groups in total. The Morgan fingerprint density at radius 2 is 1.64 bits per heavy atom. The molecule has 2 aromatic rings. The van der Waals surface area contributed by atoms with Gasteiger partial charge in [-0.05, 0) is 35.4 Å². The van der Waals surface area contributed by atoms with Gasteiger partial charge in [-0.25, -0.2) is 9.59 Å². The summed E-state index contributed by atoms with van der Waals surface area (Å²) in [4.78, 5) is 23.1. The molecule has 0 aromatic heterocycles. The summed E-state index contributed by atoms with van der Waals surface area (Å²) in [7, 11) is 0. The lowest BCUT2D eigenvalue weighted by Gasteiger charge is -2.16. The van der Waals surface area contributed by atoms with Crippen molar-refractivity contribution in [3.05, 3.63) is 46.5 Å². The standard InChI is InChI=1S/C16H16O6/c17-6-4-9-8-10-2-1-3-12(15(19)20)13(10)14(16(21)22)11(9)5-7-18/h1-3,8,17-18H,4-7H2,(H,19,20)(H,21,22). The average molecular weight is 304 g/mol. The van der Waals surface area contributed by atoms with Crippen molar-refractivity contribution in [2.45, 2.75) is 12.8 Å². The van der Waals surface area contributed by atoms with Crippen LogP contribution in [0, 0.1) is 0 Å². The molecule has 0 fully saturated rings. The van der Waals surface area contributed by atoms with Crippen LogP contribution in [0.15, 0.2) is 24.3 Å². The monoisotopic (exact) mass is 304 g/mol. The van der Waals surface area contributed by atoms with Crippen LogP contribution in [0.25, 0.3) is 10.8 Å². The Labute approximate surface area is 126 Å². The number of rotatable bonds is 6. The molecule has 6 nitrogen and oxygen atoms in total. The Balaban J connectivity index is 2.94. The van der Waals surface area contributed by atoms with Crippen molar-refractivity contribution in [3.63, 3.8) is 0 Å². The molecule has 0 atom stereocenters. The minimum absolute atomic E-state index is 0.0842. The highest BCUT2D eigenvalue weighted by Crippen LogP contribution is 2.30. The molecule has 2 aromatic carbocycles. The van der Waals surface area contributed by atoms with E-state index < -0.39 is 11.9 Å². The fourth-order valence-corrected chi connectivity index (χ4v) is 2.71. The van der Waals surface area contributed by atoms with Crippen LogP contribution in [-0.2, 0) is 12.8 Å². The minimum atomic E-state index is -1.25. The number of fused-ring (bicyclic) bond motifs is 1. The van der Waals surface area contributed by atoms with Crippen molar-refractivity contribution in [3.8, 4) is 0 Å². The van der Waals surface area contributed by atoms with Crippen LogP contribution in [0.5, 0.6) is 0 Å². The zero-order valence-corrected chi connectivity index (χ0v) is 11.7. The van der Waals surface area contributed by atoms with E-state index in [1.165, 1.54) is 6.07 Å². The van der Waals surface area contributed by atoms with E-state index in [1.54, 1.807) is 18.2 Å². The fourth-order valence-electron chi connectivity index (χ4n) is 2.71. The van der Waals surface area contributed by atoms with Crippen molar-refractivity contribution in [1.29, 1.82) is 0 Å². The molecule has 116 valence electrons. The van der Waals surface area contributed by atoms with Gasteiger partial charge in [0.05, 0.1) is 11.1 Å². The van der Waals surface area contributed by atoms with Gasteiger partial charge in [-0.2, -0.15) is 0 Å². The molecule has 0 aliphatic rings. The summed E-state index contributed by atoms with van der Waals surface area (Å²) in [6.45, 7) is -0.429. The zero-order chi connectivity index (χ0) is 16.3. The largest absolute Gasteiger partial charge is 0.478 e. The number of benzene rings is 2. The highest BCUT2D eigenvalue weighted by molar-refractivity contribution is 6.13. The lowest BCUT2D eigenvalue weighted by atomic mass is 9.89. The predicted molar refractivity (Wildman–Crippen MR) is 79.4 cm³/mol. The third kappa shape index (κ3) is 2.79. The second kappa shape index (κ2) is 6.55. The number of carboxylic acids is 2. The first-order chi connectivity index (χ1) is 10.5. The Bertz CT molecular complexity index is 735. The number of carboxylic acid groups (broad SMARTS) is 2. The first kappa shape index (κ1) is 15.9. The van der Waals surface area contributed by atoms with E-state index in [0.29, 0.717) is 16.5 Å². The van der Waals surface area contributed by atoms with Crippen LogP contribution in [0.2, 0.25) is 0 Å². The molecule has 0 saturated heterocycles. The number of aromatic carboxylic acids is 2. The third-order valence-corrected chi connectivity index (χ3v) is 3.55. The summed E-state index contributed by atoms with van der Waals surface area (Å²) >= 11 is 0. The van der Waals surface area contributed by atoms with Gasteiger partial charge in [-0.15, -0.1) is 0 Å². The molecule has 0 radical (unpaired) electrons. The van der Waals surface area contributed by atoms with Gasteiger partial charge in [0, 0.05) is 18.6 Å². The maximum absolute atomic E-state index is 11.7. The van der Waals surface area contributed by atoms with Crippen LogP contribution in [-0.4, -0.2) is 45.6 Å². The quantitative estimate of drug-likeness (QED) is 0.639. The van der Waals surface area contributed by atoms with Crippen LogP contribution in [0.4, 0.5) is 0 Å². The predicted octanol–water partition coefficient (Wildman–Crippen LogP) is 1.31. The van der Waals surface area contributed by atoms with Gasteiger partial charge in [0.1, 0.15) is 0 Å². The Kier molecular flexibility index (Phi) is 4.75. The van der Waals surface area contributed by atoms with Crippen molar-refractivity contribution >= 4 is 22.7 Å². The van der Waals surface area contributed by atoms with Crippen LogP contribution in [0.1, 0.15) is 31.8 Å². The lowest BCUT2D eigenvalue weighted by Crippen LogP contribution is -2.12. The Hall–Kier alpha value is -2.44. The molecule has 6 heteroatoms. The van der Waals surface area contributed by atoms with Gasteiger partial charge in [0.2, 0.25) is 0 Å². The van der Waals surface area contributed by atoms with E-state index in [-0.39, 0.29) is 42.6 Å². The molecule has 2 rings (SSSR count). The van der Waals surface area contributed by atoms with Crippen molar-refractivity contribution in [2.75, 3.05) is 13.2 Å². The highest BCUT2D eigenvalue weighted by Gasteiger charge is 2.22. The van der Waals surface area contributed by atoms with E-state index >= 15 is 0 Å². The summed E-state index contributed by atoms with van der Waals surface area (Å²) in [6.07, 6.45) is 0.323. The lowest BCUT2D eigenvalue weighted by molar-refractivity contribution is 0.0694. The summed E-state index contributed by atoms with van der Waals surface area (Å²) < 4.78 is 0. The van der Waals surface area contributed by atoms with Crippen LogP contribution >= 0.6 is 0 Å². The number of aliphatic hydroxyl groups is 2. The smallest absolute Gasteiger partial charge is 0.336 e. The topological polar surface area (TPSA) is 115 Å². The van der Waals surface area contributed by atoms with Crippen molar-refractivity contribution in [1.82, 2.24) is 0 Å². The normalized spacial score (nSPS) is 10.8. The molecule has 0 unspecified atom stereocenters. The van der Waals surface area contributed by atoms with Gasteiger partial charge in [0.15, 0.2) is 0 Å². The van der Waals surface area contributed by atoms with Gasteiger partial charge in [-0.1, -0.05) is 18.2 Å². The highest BCUT2D eigenvalue weighted by atomic mass is 16.4. The Morgan fingerprint density at radius 3 is 2.18 bits per heavy atom.